The van der Waals surface area contributed by atoms with Crippen LogP contribution < -0.4 is 10.2 Å². The Labute approximate surface area is 132 Å². The van der Waals surface area contributed by atoms with Gasteiger partial charge in [0.2, 0.25) is 5.43 Å². The summed E-state index contributed by atoms with van der Waals surface area (Å²) < 4.78 is 23.2. The maximum atomic E-state index is 13.0. The molecule has 0 saturated carbocycles. The van der Waals surface area contributed by atoms with E-state index in [-0.39, 0.29) is 11.3 Å². The number of nitrogens with zero attached hydrogens (tertiary/aromatic N) is 1. The predicted octanol–water partition coefficient (Wildman–Crippen LogP) is 3.56. The molecule has 0 fully saturated rings. The highest BCUT2D eigenvalue weighted by atomic mass is 19.1. The standard InChI is InChI=1S/C17H16FNO4/c1-17(2,3)23-16(21)22-15-12(6-4-5-7-14(15)20)13-9-8-11(18)10-19-13/h4-10H,1-3H3. The number of rotatable bonds is 2. The lowest BCUT2D eigenvalue weighted by atomic mass is 10.1. The quantitative estimate of drug-likeness (QED) is 0.792. The second-order valence-electron chi connectivity index (χ2n) is 5.75. The molecular weight excluding hydrogens is 301 g/mol. The summed E-state index contributed by atoms with van der Waals surface area (Å²) in [6, 6.07) is 8.53. The van der Waals surface area contributed by atoms with E-state index in [4.69, 9.17) is 9.47 Å². The van der Waals surface area contributed by atoms with E-state index in [1.54, 1.807) is 32.9 Å². The Morgan fingerprint density at radius 2 is 1.83 bits per heavy atom. The third-order valence-corrected chi connectivity index (χ3v) is 2.67. The maximum absolute atomic E-state index is 13.0. The average molecular weight is 317 g/mol. The third-order valence-electron chi connectivity index (χ3n) is 2.67. The lowest BCUT2D eigenvalue weighted by molar-refractivity contribution is 0.0205. The fourth-order valence-electron chi connectivity index (χ4n) is 1.78. The van der Waals surface area contributed by atoms with Gasteiger partial charge in [0.05, 0.1) is 11.9 Å². The molecule has 5 nitrogen and oxygen atoms in total. The first kappa shape index (κ1) is 16.6. The zero-order valence-corrected chi connectivity index (χ0v) is 13.0. The van der Waals surface area contributed by atoms with Gasteiger partial charge in [0.25, 0.3) is 0 Å². The van der Waals surface area contributed by atoms with Crippen LogP contribution in [0.5, 0.6) is 5.75 Å². The Morgan fingerprint density at radius 1 is 1.13 bits per heavy atom. The van der Waals surface area contributed by atoms with Crippen LogP contribution in [0.15, 0.2) is 47.4 Å². The van der Waals surface area contributed by atoms with Crippen LogP contribution in [0.25, 0.3) is 11.3 Å². The summed E-state index contributed by atoms with van der Waals surface area (Å²) in [5.74, 6) is -0.727. The fraction of sp³-hybridized carbons (Fsp3) is 0.235. The second kappa shape index (κ2) is 6.56. The molecule has 6 heteroatoms. The van der Waals surface area contributed by atoms with E-state index in [0.29, 0.717) is 5.69 Å². The van der Waals surface area contributed by atoms with Gasteiger partial charge >= 0.3 is 6.16 Å². The molecule has 2 aromatic rings. The molecule has 23 heavy (non-hydrogen) atoms. The van der Waals surface area contributed by atoms with Gasteiger partial charge < -0.3 is 9.47 Å². The summed E-state index contributed by atoms with van der Waals surface area (Å²) in [6.07, 6.45) is 0.0218. The van der Waals surface area contributed by atoms with Crippen LogP contribution in [0, 0.1) is 5.82 Å². The molecular formula is C17H16FNO4. The number of pyridine rings is 1. The van der Waals surface area contributed by atoms with Gasteiger partial charge in [-0.25, -0.2) is 9.18 Å². The Morgan fingerprint density at radius 3 is 2.43 bits per heavy atom. The van der Waals surface area contributed by atoms with Crippen molar-refractivity contribution in [2.24, 2.45) is 0 Å². The third kappa shape index (κ3) is 4.60. The lowest BCUT2D eigenvalue weighted by Crippen LogP contribution is -2.27. The van der Waals surface area contributed by atoms with Crippen LogP contribution in [0.4, 0.5) is 9.18 Å². The summed E-state index contributed by atoms with van der Waals surface area (Å²) in [6.45, 7) is 5.04. The summed E-state index contributed by atoms with van der Waals surface area (Å²) in [4.78, 5) is 27.9. The number of ether oxygens (including phenoxy) is 2. The second-order valence-corrected chi connectivity index (χ2v) is 5.75. The number of hydrogen-bond acceptors (Lipinski definition) is 5. The molecule has 0 bridgehead atoms. The van der Waals surface area contributed by atoms with Crippen molar-refractivity contribution >= 4 is 6.16 Å². The van der Waals surface area contributed by atoms with E-state index in [2.05, 4.69) is 4.98 Å². The van der Waals surface area contributed by atoms with Crippen molar-refractivity contribution in [3.05, 3.63) is 58.6 Å². The summed E-state index contributed by atoms with van der Waals surface area (Å²) >= 11 is 0. The molecule has 1 heterocycles. The zero-order chi connectivity index (χ0) is 17.0. The summed E-state index contributed by atoms with van der Waals surface area (Å²) in [7, 11) is 0. The first-order chi connectivity index (χ1) is 10.8. The molecule has 120 valence electrons. The van der Waals surface area contributed by atoms with Crippen molar-refractivity contribution in [2.75, 3.05) is 0 Å². The molecule has 0 aliphatic carbocycles. The number of hydrogen-bond donors (Lipinski definition) is 0. The Kier molecular flexibility index (Phi) is 4.74. The van der Waals surface area contributed by atoms with E-state index in [1.165, 1.54) is 24.3 Å². The van der Waals surface area contributed by atoms with Crippen LogP contribution in [-0.4, -0.2) is 16.7 Å². The molecule has 2 rings (SSSR count). The van der Waals surface area contributed by atoms with E-state index >= 15 is 0 Å². The van der Waals surface area contributed by atoms with E-state index in [9.17, 15) is 14.0 Å². The predicted molar refractivity (Wildman–Crippen MR) is 82.8 cm³/mol. The van der Waals surface area contributed by atoms with Crippen molar-refractivity contribution in [3.63, 3.8) is 0 Å². The van der Waals surface area contributed by atoms with Gasteiger partial charge in [0, 0.05) is 5.56 Å². The van der Waals surface area contributed by atoms with Gasteiger partial charge in [-0.1, -0.05) is 12.1 Å². The molecule has 0 saturated heterocycles. The Balaban J connectivity index is 2.46. The minimum absolute atomic E-state index is 0.219. The molecule has 0 amide bonds. The SMILES string of the molecule is CC(C)(C)OC(=O)Oc1c(-c2ccc(F)cn2)ccccc1=O. The summed E-state index contributed by atoms with van der Waals surface area (Å²) in [5.41, 5.74) is -0.697. The van der Waals surface area contributed by atoms with Crippen molar-refractivity contribution < 1.29 is 18.7 Å². The maximum Gasteiger partial charge on any atom is 0.514 e. The number of carbonyl (C=O) groups is 1. The molecule has 0 atom stereocenters. The normalized spacial score (nSPS) is 11.0. The van der Waals surface area contributed by atoms with Gasteiger partial charge in [-0.05, 0) is 45.0 Å². The molecule has 0 unspecified atom stereocenters. The lowest BCUT2D eigenvalue weighted by Gasteiger charge is -2.18. The minimum atomic E-state index is -0.996. The van der Waals surface area contributed by atoms with Crippen LogP contribution in [-0.2, 0) is 4.74 Å². The molecule has 0 aliphatic rings. The number of aromatic nitrogens is 1. The largest absolute Gasteiger partial charge is 0.514 e. The molecule has 0 spiro atoms. The molecule has 0 aliphatic heterocycles. The van der Waals surface area contributed by atoms with Gasteiger partial charge in [-0.2, -0.15) is 0 Å². The summed E-state index contributed by atoms with van der Waals surface area (Å²) in [5, 5.41) is 0. The zero-order valence-electron chi connectivity index (χ0n) is 13.0. The van der Waals surface area contributed by atoms with E-state index < -0.39 is 23.0 Å². The van der Waals surface area contributed by atoms with Crippen LogP contribution in [0.2, 0.25) is 0 Å². The highest BCUT2D eigenvalue weighted by Gasteiger charge is 2.21. The highest BCUT2D eigenvalue weighted by molar-refractivity contribution is 5.72. The van der Waals surface area contributed by atoms with Crippen molar-refractivity contribution in [2.45, 2.75) is 26.4 Å². The Hall–Kier alpha value is -2.76. The van der Waals surface area contributed by atoms with Crippen LogP contribution in [0.1, 0.15) is 20.8 Å². The fourth-order valence-corrected chi connectivity index (χ4v) is 1.78. The average Bonchev–Trinajstić information content (AvgIpc) is 2.61. The topological polar surface area (TPSA) is 65.5 Å². The molecule has 0 radical (unpaired) electrons. The van der Waals surface area contributed by atoms with Crippen LogP contribution in [0.3, 0.4) is 0 Å². The van der Waals surface area contributed by atoms with Gasteiger partial charge in [-0.15, -0.1) is 0 Å². The highest BCUT2D eigenvalue weighted by Crippen LogP contribution is 2.25. The molecule has 1 aromatic heterocycles. The first-order valence-corrected chi connectivity index (χ1v) is 6.92. The van der Waals surface area contributed by atoms with Gasteiger partial charge in [-0.3, -0.25) is 9.78 Å². The van der Waals surface area contributed by atoms with Crippen molar-refractivity contribution in [3.8, 4) is 17.0 Å². The number of carbonyl (C=O) groups excluding carboxylic acids is 1. The smallest absolute Gasteiger partial charge is 0.428 e. The van der Waals surface area contributed by atoms with Crippen LogP contribution >= 0.6 is 0 Å². The van der Waals surface area contributed by atoms with Crippen molar-refractivity contribution in [1.82, 2.24) is 4.98 Å². The minimum Gasteiger partial charge on any atom is -0.428 e. The monoisotopic (exact) mass is 317 g/mol. The van der Waals surface area contributed by atoms with E-state index in [0.717, 1.165) is 6.20 Å². The molecule has 0 N–H and O–H groups in total. The van der Waals surface area contributed by atoms with E-state index in [1.807, 2.05) is 0 Å². The Bertz CT molecular complexity index is 767. The van der Waals surface area contributed by atoms with Crippen molar-refractivity contribution in [1.29, 1.82) is 0 Å². The molecule has 1 aromatic carbocycles. The number of halogens is 1. The van der Waals surface area contributed by atoms with Gasteiger partial charge in [0.15, 0.2) is 5.75 Å². The van der Waals surface area contributed by atoms with Gasteiger partial charge in [0.1, 0.15) is 11.4 Å². The first-order valence-electron chi connectivity index (χ1n) is 6.92.